The molecule has 0 aliphatic carbocycles. The summed E-state index contributed by atoms with van der Waals surface area (Å²) < 4.78 is 7.18. The molecule has 9 heteroatoms. The molecule has 0 bridgehead atoms. The van der Waals surface area contributed by atoms with Gasteiger partial charge in [-0.15, -0.1) is 20.4 Å². The van der Waals surface area contributed by atoms with Crippen LogP contribution in [0.5, 0.6) is 0 Å². The number of hydrogen-bond acceptors (Lipinski definition) is 8. The average Bonchev–Trinajstić information content (AvgIpc) is 3.24. The molecule has 9 nitrogen and oxygen atoms in total. The summed E-state index contributed by atoms with van der Waals surface area (Å²) in [6.45, 7) is 8.07. The van der Waals surface area contributed by atoms with Crippen molar-refractivity contribution in [3.63, 3.8) is 0 Å². The van der Waals surface area contributed by atoms with Gasteiger partial charge in [0.05, 0.1) is 12.2 Å². The molecule has 0 unspecified atom stereocenters. The van der Waals surface area contributed by atoms with Crippen LogP contribution in [0.3, 0.4) is 0 Å². The second kappa shape index (κ2) is 6.60. The first-order chi connectivity index (χ1) is 12.2. The SMILES string of the molecule is Cc1ccn(-c2ccc(N3CCN(Cc4nnc(C)o4)CC3)nn2)n1. The van der Waals surface area contributed by atoms with Gasteiger partial charge in [0.15, 0.2) is 11.6 Å². The molecule has 3 aromatic rings. The maximum absolute atomic E-state index is 5.45. The van der Waals surface area contributed by atoms with Crippen molar-refractivity contribution >= 4 is 5.82 Å². The number of rotatable bonds is 4. The molecule has 1 aliphatic heterocycles. The Morgan fingerprint density at radius 3 is 2.28 bits per heavy atom. The lowest BCUT2D eigenvalue weighted by Crippen LogP contribution is -2.46. The molecule has 3 aromatic heterocycles. The second-order valence-electron chi connectivity index (χ2n) is 6.13. The number of aromatic nitrogens is 6. The van der Waals surface area contributed by atoms with Crippen molar-refractivity contribution in [1.29, 1.82) is 0 Å². The van der Waals surface area contributed by atoms with Crippen molar-refractivity contribution in [1.82, 2.24) is 35.1 Å². The van der Waals surface area contributed by atoms with E-state index >= 15 is 0 Å². The van der Waals surface area contributed by atoms with Crippen LogP contribution in [-0.4, -0.2) is 61.3 Å². The van der Waals surface area contributed by atoms with E-state index in [1.54, 1.807) is 11.6 Å². The predicted octanol–water partition coefficient (Wildman–Crippen LogP) is 0.984. The van der Waals surface area contributed by atoms with Crippen LogP contribution in [-0.2, 0) is 6.54 Å². The number of anilines is 1. The number of piperazine rings is 1. The Hall–Kier alpha value is -2.81. The summed E-state index contributed by atoms with van der Waals surface area (Å²) >= 11 is 0. The maximum Gasteiger partial charge on any atom is 0.230 e. The van der Waals surface area contributed by atoms with Gasteiger partial charge in [0.2, 0.25) is 11.8 Å². The summed E-state index contributed by atoms with van der Waals surface area (Å²) in [4.78, 5) is 4.54. The van der Waals surface area contributed by atoms with Gasteiger partial charge in [-0.2, -0.15) is 5.10 Å². The predicted molar refractivity (Wildman–Crippen MR) is 90.4 cm³/mol. The van der Waals surface area contributed by atoms with Gasteiger partial charge < -0.3 is 9.32 Å². The summed E-state index contributed by atoms with van der Waals surface area (Å²) in [7, 11) is 0. The first kappa shape index (κ1) is 15.7. The zero-order valence-electron chi connectivity index (χ0n) is 14.3. The lowest BCUT2D eigenvalue weighted by atomic mass is 10.3. The van der Waals surface area contributed by atoms with E-state index in [9.17, 15) is 0 Å². The minimum Gasteiger partial charge on any atom is -0.424 e. The van der Waals surface area contributed by atoms with Gasteiger partial charge in [-0.25, -0.2) is 4.68 Å². The smallest absolute Gasteiger partial charge is 0.230 e. The van der Waals surface area contributed by atoms with Crippen molar-refractivity contribution in [2.75, 3.05) is 31.1 Å². The van der Waals surface area contributed by atoms with Crippen molar-refractivity contribution in [2.45, 2.75) is 20.4 Å². The molecule has 130 valence electrons. The summed E-state index contributed by atoms with van der Waals surface area (Å²) in [5.74, 6) is 2.89. The molecule has 0 amide bonds. The summed E-state index contributed by atoms with van der Waals surface area (Å²) in [6.07, 6.45) is 1.89. The fourth-order valence-electron chi connectivity index (χ4n) is 2.88. The minimum atomic E-state index is 0.608. The van der Waals surface area contributed by atoms with Crippen molar-refractivity contribution < 1.29 is 4.42 Å². The van der Waals surface area contributed by atoms with E-state index < -0.39 is 0 Å². The fourth-order valence-corrected chi connectivity index (χ4v) is 2.88. The average molecular weight is 340 g/mol. The zero-order chi connectivity index (χ0) is 17.2. The van der Waals surface area contributed by atoms with E-state index in [0.717, 1.165) is 43.5 Å². The van der Waals surface area contributed by atoms with Gasteiger partial charge in [0.25, 0.3) is 0 Å². The standard InChI is InChI=1S/C16H20N8O/c1-12-5-6-24(21-12)15-4-3-14(18-19-15)23-9-7-22(8-10-23)11-16-20-17-13(2)25-16/h3-6H,7-11H2,1-2H3. The largest absolute Gasteiger partial charge is 0.424 e. The molecule has 0 aromatic carbocycles. The molecule has 0 saturated carbocycles. The summed E-state index contributed by atoms with van der Waals surface area (Å²) in [6, 6.07) is 5.89. The quantitative estimate of drug-likeness (QED) is 0.694. The minimum absolute atomic E-state index is 0.608. The third-order valence-corrected chi connectivity index (χ3v) is 4.22. The maximum atomic E-state index is 5.45. The molecule has 1 fully saturated rings. The van der Waals surface area contributed by atoms with Crippen LogP contribution in [0.4, 0.5) is 5.82 Å². The number of hydrogen-bond donors (Lipinski definition) is 0. The Kier molecular flexibility index (Phi) is 4.14. The highest BCUT2D eigenvalue weighted by Crippen LogP contribution is 2.15. The lowest BCUT2D eigenvalue weighted by molar-refractivity contribution is 0.224. The Morgan fingerprint density at radius 2 is 1.68 bits per heavy atom. The van der Waals surface area contributed by atoms with Gasteiger partial charge in [-0.05, 0) is 25.1 Å². The van der Waals surface area contributed by atoms with E-state index in [2.05, 4.69) is 35.3 Å². The zero-order valence-corrected chi connectivity index (χ0v) is 14.3. The third-order valence-electron chi connectivity index (χ3n) is 4.22. The Labute approximate surface area is 145 Å². The number of aryl methyl sites for hydroxylation is 2. The third kappa shape index (κ3) is 3.50. The van der Waals surface area contributed by atoms with Crippen molar-refractivity contribution in [3.05, 3.63) is 41.9 Å². The molecule has 0 atom stereocenters. The van der Waals surface area contributed by atoms with Crippen LogP contribution in [0.2, 0.25) is 0 Å². The van der Waals surface area contributed by atoms with Crippen LogP contribution in [0.1, 0.15) is 17.5 Å². The first-order valence-corrected chi connectivity index (χ1v) is 8.30. The van der Waals surface area contributed by atoms with Gasteiger partial charge in [0.1, 0.15) is 0 Å². The van der Waals surface area contributed by atoms with Gasteiger partial charge in [-0.3, -0.25) is 4.90 Å². The molecule has 4 rings (SSSR count). The van der Waals surface area contributed by atoms with Gasteiger partial charge >= 0.3 is 0 Å². The van der Waals surface area contributed by atoms with Gasteiger partial charge in [-0.1, -0.05) is 0 Å². The van der Waals surface area contributed by atoms with Gasteiger partial charge in [0, 0.05) is 39.3 Å². The van der Waals surface area contributed by atoms with E-state index in [-0.39, 0.29) is 0 Å². The lowest BCUT2D eigenvalue weighted by Gasteiger charge is -2.34. The van der Waals surface area contributed by atoms with Crippen molar-refractivity contribution in [2.24, 2.45) is 0 Å². The Balaban J connectivity index is 1.36. The molecule has 0 radical (unpaired) electrons. The van der Waals surface area contributed by atoms with Crippen LogP contribution >= 0.6 is 0 Å². The van der Waals surface area contributed by atoms with Crippen LogP contribution in [0.15, 0.2) is 28.8 Å². The van der Waals surface area contributed by atoms with E-state index in [1.165, 1.54) is 0 Å². The fraction of sp³-hybridized carbons (Fsp3) is 0.438. The first-order valence-electron chi connectivity index (χ1n) is 8.30. The highest BCUT2D eigenvalue weighted by Gasteiger charge is 2.20. The molecule has 1 saturated heterocycles. The Bertz CT molecular complexity index is 832. The molecule has 0 N–H and O–H groups in total. The van der Waals surface area contributed by atoms with Crippen LogP contribution in [0, 0.1) is 13.8 Å². The van der Waals surface area contributed by atoms with Crippen LogP contribution < -0.4 is 4.90 Å². The van der Waals surface area contributed by atoms with Crippen molar-refractivity contribution in [3.8, 4) is 5.82 Å². The number of nitrogens with zero attached hydrogens (tertiary/aromatic N) is 8. The monoisotopic (exact) mass is 340 g/mol. The van der Waals surface area contributed by atoms with Crippen LogP contribution in [0.25, 0.3) is 5.82 Å². The normalized spacial score (nSPS) is 15.7. The Morgan fingerprint density at radius 1 is 0.920 bits per heavy atom. The molecular formula is C16H20N8O. The second-order valence-corrected chi connectivity index (χ2v) is 6.13. The summed E-state index contributed by atoms with van der Waals surface area (Å²) in [5, 5.41) is 20.9. The summed E-state index contributed by atoms with van der Waals surface area (Å²) in [5.41, 5.74) is 0.957. The van der Waals surface area contributed by atoms with E-state index in [0.29, 0.717) is 18.3 Å². The molecule has 25 heavy (non-hydrogen) atoms. The molecule has 0 spiro atoms. The topological polar surface area (TPSA) is 89.0 Å². The highest BCUT2D eigenvalue weighted by molar-refractivity contribution is 5.40. The van der Waals surface area contributed by atoms with E-state index in [4.69, 9.17) is 4.42 Å². The highest BCUT2D eigenvalue weighted by atomic mass is 16.4. The molecule has 1 aliphatic rings. The molecule has 4 heterocycles. The van der Waals surface area contributed by atoms with E-state index in [1.807, 2.05) is 31.3 Å². The molecular weight excluding hydrogens is 320 g/mol.